The molecule has 1 unspecified atom stereocenters. The number of aliphatic imine (C=N–C) groups is 1. The molecule has 0 saturated carbocycles. The summed E-state index contributed by atoms with van der Waals surface area (Å²) in [5.41, 5.74) is 1.33. The van der Waals surface area contributed by atoms with Crippen molar-refractivity contribution in [1.29, 1.82) is 0 Å². The Morgan fingerprint density at radius 1 is 1.36 bits per heavy atom. The number of allylic oxidation sites excluding steroid dienone is 1. The van der Waals surface area contributed by atoms with E-state index in [1.165, 1.54) is 5.56 Å². The fourth-order valence-corrected chi connectivity index (χ4v) is 2.85. The Morgan fingerprint density at radius 3 is 2.68 bits per heavy atom. The molecule has 0 fully saturated rings. The third kappa shape index (κ3) is 4.88. The highest BCUT2D eigenvalue weighted by atomic mass is 35.5. The lowest BCUT2D eigenvalue weighted by Gasteiger charge is -2.14. The van der Waals surface area contributed by atoms with E-state index < -0.39 is 0 Å². The number of rotatable bonds is 8. The van der Waals surface area contributed by atoms with Crippen LogP contribution in [0.5, 0.6) is 0 Å². The Hall–Kier alpha value is -1.28. The monoisotopic (exact) mass is 319 g/mol. The maximum atomic E-state index is 5.92. The van der Waals surface area contributed by atoms with Crippen molar-refractivity contribution in [3.63, 3.8) is 0 Å². The molecule has 2 atom stereocenters. The predicted molar refractivity (Wildman–Crippen MR) is 94.7 cm³/mol. The third-order valence-electron chi connectivity index (χ3n) is 4.20. The molecule has 22 heavy (non-hydrogen) atoms. The Kier molecular flexibility index (Phi) is 6.50. The lowest BCUT2D eigenvalue weighted by atomic mass is 9.96. The third-order valence-corrected chi connectivity index (χ3v) is 4.45. The van der Waals surface area contributed by atoms with Gasteiger partial charge in [-0.1, -0.05) is 43.7 Å². The maximum absolute atomic E-state index is 5.92. The van der Waals surface area contributed by atoms with Gasteiger partial charge in [0.05, 0.1) is 6.04 Å². The van der Waals surface area contributed by atoms with Crippen LogP contribution in [0.15, 0.2) is 41.9 Å². The first-order valence-electron chi connectivity index (χ1n) is 8.16. The molecule has 0 saturated heterocycles. The van der Waals surface area contributed by atoms with E-state index in [0.717, 1.165) is 43.2 Å². The summed E-state index contributed by atoms with van der Waals surface area (Å²) >= 11 is 5.92. The van der Waals surface area contributed by atoms with E-state index in [2.05, 4.69) is 32.6 Å². The van der Waals surface area contributed by atoms with Crippen LogP contribution >= 0.6 is 11.6 Å². The number of nitrogens with zero attached hydrogens (tertiary/aromatic N) is 1. The van der Waals surface area contributed by atoms with Gasteiger partial charge in [0, 0.05) is 10.9 Å². The van der Waals surface area contributed by atoms with Gasteiger partial charge in [0.15, 0.2) is 5.90 Å². The Balaban J connectivity index is 1.88. The summed E-state index contributed by atoms with van der Waals surface area (Å²) in [6.07, 6.45) is 6.17. The number of aryl methyl sites for hydroxylation is 1. The van der Waals surface area contributed by atoms with Gasteiger partial charge < -0.3 is 4.74 Å². The first kappa shape index (κ1) is 17.1. The number of benzene rings is 1. The Morgan fingerprint density at radius 2 is 2.09 bits per heavy atom. The standard InChI is InChI=1S/C19H26ClNO/c1-4-6-16(19-21-18(13-22-19)14(2)3)8-5-7-15-9-11-17(20)12-10-15/h4,9-12,14,16,18H,1,5-8,13H2,2-3H3/t16-,18?/m0/s1. The Bertz CT molecular complexity index is 507. The van der Waals surface area contributed by atoms with Crippen molar-refractivity contribution in [2.24, 2.45) is 16.8 Å². The fourth-order valence-electron chi connectivity index (χ4n) is 2.72. The van der Waals surface area contributed by atoms with Gasteiger partial charge in [0.25, 0.3) is 0 Å². The summed E-state index contributed by atoms with van der Waals surface area (Å²) in [6, 6.07) is 8.43. The lowest BCUT2D eigenvalue weighted by Crippen LogP contribution is -2.15. The zero-order chi connectivity index (χ0) is 15.9. The van der Waals surface area contributed by atoms with Crippen LogP contribution in [0.25, 0.3) is 0 Å². The number of ether oxygens (including phenoxy) is 1. The smallest absolute Gasteiger partial charge is 0.187 e. The molecule has 0 bridgehead atoms. The van der Waals surface area contributed by atoms with Gasteiger partial charge in [-0.15, -0.1) is 6.58 Å². The van der Waals surface area contributed by atoms with E-state index >= 15 is 0 Å². The number of hydrogen-bond donors (Lipinski definition) is 0. The fraction of sp³-hybridized carbons (Fsp3) is 0.526. The molecule has 0 radical (unpaired) electrons. The molecule has 0 spiro atoms. The molecule has 1 aliphatic heterocycles. The number of hydrogen-bond acceptors (Lipinski definition) is 2. The normalized spacial score (nSPS) is 18.9. The van der Waals surface area contributed by atoms with Crippen LogP contribution in [-0.4, -0.2) is 18.5 Å². The lowest BCUT2D eigenvalue weighted by molar-refractivity contribution is 0.274. The van der Waals surface area contributed by atoms with Crippen molar-refractivity contribution in [2.45, 2.75) is 45.6 Å². The molecule has 0 N–H and O–H groups in total. The molecule has 1 aromatic carbocycles. The van der Waals surface area contributed by atoms with Crippen LogP contribution in [-0.2, 0) is 11.2 Å². The first-order valence-corrected chi connectivity index (χ1v) is 8.53. The molecule has 1 aliphatic rings. The van der Waals surface area contributed by atoms with E-state index in [1.54, 1.807) is 0 Å². The molecule has 0 aliphatic carbocycles. The first-order chi connectivity index (χ1) is 10.6. The molecular formula is C19H26ClNO. The van der Waals surface area contributed by atoms with Crippen molar-refractivity contribution in [3.8, 4) is 0 Å². The van der Waals surface area contributed by atoms with Crippen LogP contribution in [0.4, 0.5) is 0 Å². The average Bonchev–Trinajstić information content (AvgIpc) is 2.98. The predicted octanol–water partition coefficient (Wildman–Crippen LogP) is 5.31. The highest BCUT2D eigenvalue weighted by Gasteiger charge is 2.26. The molecule has 1 heterocycles. The summed E-state index contributed by atoms with van der Waals surface area (Å²) < 4.78 is 5.84. The zero-order valence-corrected chi connectivity index (χ0v) is 14.4. The quantitative estimate of drug-likeness (QED) is 0.595. The maximum Gasteiger partial charge on any atom is 0.187 e. The summed E-state index contributed by atoms with van der Waals surface area (Å²) in [4.78, 5) is 4.77. The van der Waals surface area contributed by atoms with Crippen molar-refractivity contribution in [1.82, 2.24) is 0 Å². The molecule has 2 rings (SSSR count). The van der Waals surface area contributed by atoms with Gasteiger partial charge in [-0.05, 0) is 49.3 Å². The van der Waals surface area contributed by atoms with E-state index in [1.807, 2.05) is 18.2 Å². The van der Waals surface area contributed by atoms with E-state index in [4.69, 9.17) is 21.3 Å². The minimum Gasteiger partial charge on any atom is -0.478 e. The average molecular weight is 320 g/mol. The highest BCUT2D eigenvalue weighted by Crippen LogP contribution is 2.23. The molecule has 0 aromatic heterocycles. The topological polar surface area (TPSA) is 21.6 Å². The summed E-state index contributed by atoms with van der Waals surface area (Å²) in [5.74, 6) is 1.85. The second-order valence-corrected chi connectivity index (χ2v) is 6.77. The molecule has 2 nitrogen and oxygen atoms in total. The minimum atomic E-state index is 0.318. The zero-order valence-electron chi connectivity index (χ0n) is 13.6. The van der Waals surface area contributed by atoms with Crippen molar-refractivity contribution < 1.29 is 4.74 Å². The molecule has 1 aromatic rings. The van der Waals surface area contributed by atoms with Gasteiger partial charge in [-0.25, -0.2) is 4.99 Å². The molecular weight excluding hydrogens is 294 g/mol. The van der Waals surface area contributed by atoms with E-state index in [0.29, 0.717) is 17.9 Å². The van der Waals surface area contributed by atoms with Crippen LogP contribution in [0.2, 0.25) is 5.02 Å². The van der Waals surface area contributed by atoms with Gasteiger partial charge in [0.2, 0.25) is 0 Å². The van der Waals surface area contributed by atoms with Crippen LogP contribution in [0.1, 0.15) is 38.7 Å². The van der Waals surface area contributed by atoms with Crippen molar-refractivity contribution in [3.05, 3.63) is 47.5 Å². The van der Waals surface area contributed by atoms with Gasteiger partial charge in [0.1, 0.15) is 6.61 Å². The van der Waals surface area contributed by atoms with Crippen LogP contribution in [0.3, 0.4) is 0 Å². The van der Waals surface area contributed by atoms with Crippen molar-refractivity contribution >= 4 is 17.5 Å². The second-order valence-electron chi connectivity index (χ2n) is 6.33. The summed E-state index contributed by atoms with van der Waals surface area (Å²) in [5, 5.41) is 0.793. The SMILES string of the molecule is C=CC[C@@H](CCCc1ccc(Cl)cc1)C1=NC(C(C)C)CO1. The second kappa shape index (κ2) is 8.38. The largest absolute Gasteiger partial charge is 0.478 e. The molecule has 120 valence electrons. The van der Waals surface area contributed by atoms with E-state index in [9.17, 15) is 0 Å². The molecule has 3 heteroatoms. The summed E-state index contributed by atoms with van der Waals surface area (Å²) in [6.45, 7) is 9.01. The van der Waals surface area contributed by atoms with Crippen LogP contribution in [0, 0.1) is 11.8 Å². The van der Waals surface area contributed by atoms with Crippen LogP contribution < -0.4 is 0 Å². The summed E-state index contributed by atoms with van der Waals surface area (Å²) in [7, 11) is 0. The van der Waals surface area contributed by atoms with E-state index in [-0.39, 0.29) is 0 Å². The van der Waals surface area contributed by atoms with Crippen molar-refractivity contribution in [2.75, 3.05) is 6.61 Å². The van der Waals surface area contributed by atoms with Gasteiger partial charge >= 0.3 is 0 Å². The number of halogens is 1. The molecule has 0 amide bonds. The highest BCUT2D eigenvalue weighted by molar-refractivity contribution is 6.30. The van der Waals surface area contributed by atoms with Gasteiger partial charge in [-0.3, -0.25) is 0 Å². The minimum absolute atomic E-state index is 0.318. The van der Waals surface area contributed by atoms with Gasteiger partial charge in [-0.2, -0.15) is 0 Å². The Labute approximate surface area is 139 Å².